The van der Waals surface area contributed by atoms with Gasteiger partial charge in [0, 0.05) is 0 Å². The molecule has 5 rings (SSSR count). The van der Waals surface area contributed by atoms with Gasteiger partial charge in [0.15, 0.2) is 0 Å². The Morgan fingerprint density at radius 2 is 1.24 bits per heavy atom. The molecule has 0 aliphatic heterocycles. The maximum atomic E-state index is 2.61. The predicted molar refractivity (Wildman–Crippen MR) is 135 cm³/mol. The maximum Gasteiger partial charge on any atom is -1.00 e. The van der Waals surface area contributed by atoms with Crippen LogP contribution in [0.25, 0.3) is 11.1 Å². The first-order chi connectivity index (χ1) is 15.4. The van der Waals surface area contributed by atoms with Crippen molar-refractivity contribution in [2.45, 2.75) is 38.2 Å². The molecule has 0 saturated carbocycles. The molecule has 1 unspecified atom stereocenters. The van der Waals surface area contributed by atoms with E-state index in [1.54, 1.807) is 17.6 Å². The molecule has 0 saturated heterocycles. The molecule has 3 aromatic rings. The van der Waals surface area contributed by atoms with Crippen LogP contribution in [0.4, 0.5) is 0 Å². The first-order valence-corrected chi connectivity index (χ1v) is 15.6. The summed E-state index contributed by atoms with van der Waals surface area (Å²) in [4.78, 5) is 0. The van der Waals surface area contributed by atoms with Crippen molar-refractivity contribution in [2.24, 2.45) is 11.3 Å². The van der Waals surface area contributed by atoms with Gasteiger partial charge in [-0.2, -0.15) is 0 Å². The predicted octanol–water partition coefficient (Wildman–Crippen LogP) is 2.13. The van der Waals surface area contributed by atoms with Crippen molar-refractivity contribution in [1.82, 2.24) is 0 Å². The van der Waals surface area contributed by atoms with Crippen LogP contribution in [0.2, 0.25) is 0 Å². The Hall–Kier alpha value is -1.53. The third kappa shape index (κ3) is 4.77. The minimum atomic E-state index is -2.37. The number of allylic oxidation sites excluding steroid dienone is 4. The van der Waals surface area contributed by atoms with E-state index in [9.17, 15) is 0 Å². The van der Waals surface area contributed by atoms with Crippen LogP contribution < -0.4 is 24.8 Å². The SMILES string of the molecule is C/[C](c1ccccc1)=[Zr+2](/[C]1=CC(C(C)(C)C)=CC1C)[CH]1c2ccccc2-c2ccccc21.[Cl-].[Cl-]. The van der Waals surface area contributed by atoms with E-state index in [2.05, 4.69) is 126 Å². The number of rotatable bonds is 3. The summed E-state index contributed by atoms with van der Waals surface area (Å²) in [5, 5.41) is 0. The molecule has 0 radical (unpaired) electrons. The molecule has 0 spiro atoms. The molecule has 0 N–H and O–H groups in total. The zero-order chi connectivity index (χ0) is 22.5. The molecule has 174 valence electrons. The molecule has 2 aliphatic carbocycles. The van der Waals surface area contributed by atoms with E-state index in [1.165, 1.54) is 22.3 Å². The van der Waals surface area contributed by atoms with Crippen molar-refractivity contribution in [3.63, 3.8) is 0 Å². The summed E-state index contributed by atoms with van der Waals surface area (Å²) in [6, 6.07) is 29.5. The summed E-state index contributed by atoms with van der Waals surface area (Å²) in [5.74, 6) is 0.525. The summed E-state index contributed by atoms with van der Waals surface area (Å²) < 4.78 is 3.94. The van der Waals surface area contributed by atoms with Crippen LogP contribution in [0.1, 0.15) is 54.9 Å². The molecule has 1 atom stereocenters. The normalized spacial score (nSPS) is 17.0. The van der Waals surface area contributed by atoms with E-state index in [0.29, 0.717) is 9.54 Å². The van der Waals surface area contributed by atoms with Crippen molar-refractivity contribution in [1.29, 1.82) is 0 Å². The molecule has 3 heteroatoms. The molecule has 0 nitrogen and oxygen atoms in total. The molecule has 34 heavy (non-hydrogen) atoms. The smallest absolute Gasteiger partial charge is 1.00 e. The van der Waals surface area contributed by atoms with Gasteiger partial charge >= 0.3 is 202 Å². The van der Waals surface area contributed by atoms with Crippen molar-refractivity contribution in [3.8, 4) is 11.1 Å². The van der Waals surface area contributed by atoms with Gasteiger partial charge in [-0.05, 0) is 0 Å². The second-order valence-corrected chi connectivity index (χ2v) is 17.0. The Balaban J connectivity index is 0.00000162. The van der Waals surface area contributed by atoms with Gasteiger partial charge in [0.05, 0.1) is 0 Å². The fraction of sp³-hybridized carbons (Fsp3) is 0.258. The molecular weight excluding hydrogens is 534 g/mol. The zero-order valence-electron chi connectivity index (χ0n) is 20.6. The second-order valence-electron chi connectivity index (χ2n) is 10.3. The van der Waals surface area contributed by atoms with Crippen molar-refractivity contribution < 1.29 is 46.1 Å². The van der Waals surface area contributed by atoms with Crippen molar-refractivity contribution in [2.75, 3.05) is 0 Å². The van der Waals surface area contributed by atoms with E-state index in [4.69, 9.17) is 0 Å². The Morgan fingerprint density at radius 3 is 1.74 bits per heavy atom. The molecule has 0 heterocycles. The van der Waals surface area contributed by atoms with E-state index in [0.717, 1.165) is 0 Å². The van der Waals surface area contributed by atoms with Crippen LogP contribution >= 0.6 is 0 Å². The second kappa shape index (κ2) is 10.6. The molecule has 3 aromatic carbocycles. The molecule has 0 fully saturated rings. The Labute approximate surface area is 225 Å². The third-order valence-electron chi connectivity index (χ3n) is 7.14. The third-order valence-corrected chi connectivity index (χ3v) is 15.8. The van der Waals surface area contributed by atoms with Gasteiger partial charge < -0.3 is 24.8 Å². The quantitative estimate of drug-likeness (QED) is 0.456. The van der Waals surface area contributed by atoms with E-state index in [-0.39, 0.29) is 30.2 Å². The number of hydrogen-bond acceptors (Lipinski definition) is 0. The first-order valence-electron chi connectivity index (χ1n) is 11.7. The van der Waals surface area contributed by atoms with Crippen LogP contribution in [-0.2, 0) is 21.3 Å². The number of hydrogen-bond donors (Lipinski definition) is 0. The van der Waals surface area contributed by atoms with E-state index in [1.807, 2.05) is 0 Å². The average Bonchev–Trinajstić information content (AvgIpc) is 3.34. The average molecular weight is 567 g/mol. The Bertz CT molecular complexity index is 1230. The molecule has 0 bridgehead atoms. The fourth-order valence-corrected chi connectivity index (χ4v) is 14.5. The number of benzene rings is 3. The van der Waals surface area contributed by atoms with Gasteiger partial charge in [-0.1, -0.05) is 0 Å². The molecule has 0 amide bonds. The zero-order valence-corrected chi connectivity index (χ0v) is 24.5. The van der Waals surface area contributed by atoms with Crippen LogP contribution in [0.3, 0.4) is 0 Å². The summed E-state index contributed by atoms with van der Waals surface area (Å²) in [6.45, 7) is 11.9. The van der Waals surface area contributed by atoms with Crippen molar-refractivity contribution in [3.05, 3.63) is 117 Å². The maximum absolute atomic E-state index is 2.61. The number of fused-ring (bicyclic) bond motifs is 3. The van der Waals surface area contributed by atoms with Gasteiger partial charge in [0.1, 0.15) is 0 Å². The summed E-state index contributed by atoms with van der Waals surface area (Å²) in [6.07, 6.45) is 5.15. The molecular formula is C31H32Cl2Zr. The van der Waals surface area contributed by atoms with Gasteiger partial charge in [0.25, 0.3) is 0 Å². The summed E-state index contributed by atoms with van der Waals surface area (Å²) in [7, 11) is 0. The number of halogens is 2. The van der Waals surface area contributed by atoms with Crippen LogP contribution in [0.15, 0.2) is 99.9 Å². The van der Waals surface area contributed by atoms with Crippen LogP contribution in [-0.4, -0.2) is 3.21 Å². The molecule has 0 aromatic heterocycles. The minimum absolute atomic E-state index is 0. The standard InChI is InChI=1S/C13H9.C10H15.C8H8.2ClH.Zr/c1-3-7-12-10(5-1)9-11-6-2-4-8-13(11)12;1-8-5-6-9(7-8)10(2,3)4;1-2-8-6-4-3-5-7-8;;;/h1-9H;6-8H,1-4H3;3-7H,1H3;2*1H;/q;;;;;+2/p-2. The van der Waals surface area contributed by atoms with Crippen LogP contribution in [0, 0.1) is 11.3 Å². The van der Waals surface area contributed by atoms with Crippen LogP contribution in [0.5, 0.6) is 0 Å². The van der Waals surface area contributed by atoms with Gasteiger partial charge in [0.2, 0.25) is 0 Å². The molecule has 2 aliphatic rings. The largest absolute Gasteiger partial charge is 1.00 e. The van der Waals surface area contributed by atoms with E-state index >= 15 is 0 Å². The van der Waals surface area contributed by atoms with Gasteiger partial charge in [-0.25, -0.2) is 0 Å². The topological polar surface area (TPSA) is 0 Å². The Morgan fingerprint density at radius 1 is 0.735 bits per heavy atom. The summed E-state index contributed by atoms with van der Waals surface area (Å²) in [5.41, 5.74) is 9.13. The Kier molecular flexibility index (Phi) is 8.45. The summed E-state index contributed by atoms with van der Waals surface area (Å²) >= 11 is -2.37. The minimum Gasteiger partial charge on any atom is -1.00 e. The van der Waals surface area contributed by atoms with Crippen molar-refractivity contribution >= 4 is 3.21 Å². The van der Waals surface area contributed by atoms with Gasteiger partial charge in [-0.15, -0.1) is 0 Å². The fourth-order valence-electron chi connectivity index (χ4n) is 5.41. The van der Waals surface area contributed by atoms with E-state index < -0.39 is 21.3 Å². The monoisotopic (exact) mass is 564 g/mol. The van der Waals surface area contributed by atoms with Gasteiger partial charge in [-0.3, -0.25) is 0 Å². The first kappa shape index (κ1) is 27.1.